The summed E-state index contributed by atoms with van der Waals surface area (Å²) in [5.41, 5.74) is 0.890. The van der Waals surface area contributed by atoms with E-state index in [1.165, 1.54) is 11.8 Å². The lowest BCUT2D eigenvalue weighted by Crippen LogP contribution is -2.34. The Labute approximate surface area is 158 Å². The summed E-state index contributed by atoms with van der Waals surface area (Å²) in [5, 5.41) is 6.06. The number of rotatable bonds is 9. The van der Waals surface area contributed by atoms with Crippen molar-refractivity contribution in [2.45, 2.75) is 38.9 Å². The number of benzene rings is 1. The van der Waals surface area contributed by atoms with Crippen LogP contribution < -0.4 is 10.2 Å². The Morgan fingerprint density at radius 3 is 2.65 bits per heavy atom. The van der Waals surface area contributed by atoms with Gasteiger partial charge in [0, 0.05) is 18.3 Å². The topological polar surface area (TPSA) is 75.4 Å². The van der Waals surface area contributed by atoms with Gasteiger partial charge in [0.2, 0.25) is 11.8 Å². The summed E-state index contributed by atoms with van der Waals surface area (Å²) in [7, 11) is 0. The summed E-state index contributed by atoms with van der Waals surface area (Å²) in [5.74, 6) is 1.07. The Kier molecular flexibility index (Phi) is 7.72. The van der Waals surface area contributed by atoms with Crippen LogP contribution in [0.2, 0.25) is 0 Å². The van der Waals surface area contributed by atoms with E-state index in [1.54, 1.807) is 24.8 Å². The molecule has 6 nitrogen and oxygen atoms in total. The Morgan fingerprint density at radius 1 is 1.31 bits per heavy atom. The monoisotopic (exact) mass is 375 g/mol. The summed E-state index contributed by atoms with van der Waals surface area (Å²) in [6.45, 7) is 6.31. The first-order valence-corrected chi connectivity index (χ1v) is 9.77. The van der Waals surface area contributed by atoms with Crippen molar-refractivity contribution in [3.05, 3.63) is 42.2 Å². The molecule has 1 unspecified atom stereocenters. The molecule has 1 atom stereocenters. The maximum absolute atomic E-state index is 12.7. The SMILES string of the molecule is CCCCN(C(=O)CSC(C)C(=O)Nc1cc(C)on1)c1ccccc1. The van der Waals surface area contributed by atoms with E-state index in [4.69, 9.17) is 4.52 Å². The summed E-state index contributed by atoms with van der Waals surface area (Å²) in [6.07, 6.45) is 1.95. The molecular formula is C19H25N3O3S. The molecule has 26 heavy (non-hydrogen) atoms. The zero-order valence-electron chi connectivity index (χ0n) is 15.4. The largest absolute Gasteiger partial charge is 0.360 e. The molecule has 0 radical (unpaired) electrons. The average Bonchev–Trinajstić information content (AvgIpc) is 3.05. The van der Waals surface area contributed by atoms with Crippen molar-refractivity contribution >= 4 is 35.1 Å². The highest BCUT2D eigenvalue weighted by atomic mass is 32.2. The van der Waals surface area contributed by atoms with Gasteiger partial charge < -0.3 is 14.7 Å². The second-order valence-corrected chi connectivity index (χ2v) is 7.33. The van der Waals surface area contributed by atoms with Crippen molar-refractivity contribution in [3.8, 4) is 0 Å². The lowest BCUT2D eigenvalue weighted by molar-refractivity contribution is -0.116. The number of hydrogen-bond donors (Lipinski definition) is 1. The molecule has 1 aromatic carbocycles. The maximum Gasteiger partial charge on any atom is 0.238 e. The predicted molar refractivity (Wildman–Crippen MR) is 105 cm³/mol. The smallest absolute Gasteiger partial charge is 0.238 e. The molecule has 7 heteroatoms. The van der Waals surface area contributed by atoms with Crippen LogP contribution in [0.4, 0.5) is 11.5 Å². The van der Waals surface area contributed by atoms with Crippen LogP contribution in [0.15, 0.2) is 40.9 Å². The first-order valence-electron chi connectivity index (χ1n) is 8.72. The zero-order chi connectivity index (χ0) is 18.9. The first-order chi connectivity index (χ1) is 12.5. The standard InChI is InChI=1S/C19H25N3O3S/c1-4-5-11-22(16-9-7-6-8-10-16)18(23)13-26-15(3)19(24)20-17-12-14(2)25-21-17/h6-10,12,15H,4-5,11,13H2,1-3H3,(H,20,21,24). The molecule has 0 spiro atoms. The van der Waals surface area contributed by atoms with E-state index in [-0.39, 0.29) is 22.8 Å². The number of unbranched alkanes of at least 4 members (excludes halogenated alkanes) is 1. The fraction of sp³-hybridized carbons (Fsp3) is 0.421. The molecule has 0 fully saturated rings. The quantitative estimate of drug-likeness (QED) is 0.720. The van der Waals surface area contributed by atoms with E-state index < -0.39 is 0 Å². The van der Waals surface area contributed by atoms with Crippen LogP contribution in [0.25, 0.3) is 0 Å². The first kappa shape index (κ1) is 20.0. The number of nitrogens with zero attached hydrogens (tertiary/aromatic N) is 2. The third-order valence-corrected chi connectivity index (χ3v) is 4.94. The summed E-state index contributed by atoms with van der Waals surface area (Å²) >= 11 is 1.31. The number of nitrogens with one attached hydrogen (secondary N) is 1. The molecule has 0 saturated heterocycles. The second-order valence-electron chi connectivity index (χ2n) is 6.00. The number of carbonyl (C=O) groups excluding carboxylic acids is 2. The Balaban J connectivity index is 1.90. The Morgan fingerprint density at radius 2 is 2.04 bits per heavy atom. The summed E-state index contributed by atoms with van der Waals surface area (Å²) < 4.78 is 4.93. The minimum atomic E-state index is -0.375. The van der Waals surface area contributed by atoms with Crippen LogP contribution >= 0.6 is 11.8 Å². The van der Waals surface area contributed by atoms with E-state index in [0.717, 1.165) is 18.5 Å². The van der Waals surface area contributed by atoms with Crippen LogP contribution in [0.1, 0.15) is 32.4 Å². The van der Waals surface area contributed by atoms with E-state index in [1.807, 2.05) is 30.3 Å². The third-order valence-electron chi connectivity index (χ3n) is 3.81. The summed E-state index contributed by atoms with van der Waals surface area (Å²) in [4.78, 5) is 26.7. The van der Waals surface area contributed by atoms with Crippen LogP contribution in [-0.4, -0.2) is 34.5 Å². The molecule has 0 bridgehead atoms. The molecule has 0 aliphatic carbocycles. The molecule has 0 saturated carbocycles. The van der Waals surface area contributed by atoms with Crippen LogP contribution in [0, 0.1) is 6.92 Å². The van der Waals surface area contributed by atoms with Crippen LogP contribution in [-0.2, 0) is 9.59 Å². The Hall–Kier alpha value is -2.28. The van der Waals surface area contributed by atoms with Crippen molar-refractivity contribution in [2.75, 3.05) is 22.5 Å². The molecule has 2 amide bonds. The average molecular weight is 375 g/mol. The number of hydrogen-bond acceptors (Lipinski definition) is 5. The third kappa shape index (κ3) is 5.91. The van der Waals surface area contributed by atoms with E-state index in [0.29, 0.717) is 18.1 Å². The maximum atomic E-state index is 12.7. The van der Waals surface area contributed by atoms with E-state index in [2.05, 4.69) is 17.4 Å². The highest BCUT2D eigenvalue weighted by Gasteiger charge is 2.20. The van der Waals surface area contributed by atoms with Gasteiger partial charge in [-0.3, -0.25) is 9.59 Å². The van der Waals surface area contributed by atoms with Crippen molar-refractivity contribution in [3.63, 3.8) is 0 Å². The predicted octanol–water partition coefficient (Wildman–Crippen LogP) is 3.88. The lowest BCUT2D eigenvalue weighted by atomic mass is 10.2. The molecule has 140 valence electrons. The van der Waals surface area contributed by atoms with Gasteiger partial charge in [0.15, 0.2) is 5.82 Å². The number of aromatic nitrogens is 1. The molecule has 0 aliphatic rings. The molecule has 2 rings (SSSR count). The highest BCUT2D eigenvalue weighted by molar-refractivity contribution is 8.01. The van der Waals surface area contributed by atoms with Gasteiger partial charge in [-0.25, -0.2) is 0 Å². The van der Waals surface area contributed by atoms with Gasteiger partial charge in [-0.2, -0.15) is 0 Å². The van der Waals surface area contributed by atoms with E-state index >= 15 is 0 Å². The van der Waals surface area contributed by atoms with Gasteiger partial charge in [0.25, 0.3) is 0 Å². The molecular weight excluding hydrogens is 350 g/mol. The van der Waals surface area contributed by atoms with Gasteiger partial charge in [-0.15, -0.1) is 11.8 Å². The van der Waals surface area contributed by atoms with Crippen molar-refractivity contribution in [1.29, 1.82) is 0 Å². The molecule has 0 aliphatic heterocycles. The fourth-order valence-corrected chi connectivity index (χ4v) is 3.08. The molecule has 1 N–H and O–H groups in total. The molecule has 1 aromatic heterocycles. The molecule has 1 heterocycles. The van der Waals surface area contributed by atoms with E-state index in [9.17, 15) is 9.59 Å². The number of anilines is 2. The minimum Gasteiger partial charge on any atom is -0.360 e. The van der Waals surface area contributed by atoms with Crippen LogP contribution in [0.5, 0.6) is 0 Å². The van der Waals surface area contributed by atoms with Gasteiger partial charge >= 0.3 is 0 Å². The summed E-state index contributed by atoms with van der Waals surface area (Å²) in [6, 6.07) is 11.3. The molecule has 2 aromatic rings. The number of para-hydroxylation sites is 1. The van der Waals surface area contributed by atoms with Gasteiger partial charge in [0.1, 0.15) is 5.76 Å². The van der Waals surface area contributed by atoms with Crippen molar-refractivity contribution in [1.82, 2.24) is 5.16 Å². The highest BCUT2D eigenvalue weighted by Crippen LogP contribution is 2.19. The second kappa shape index (κ2) is 10.0. The number of thioether (sulfide) groups is 1. The minimum absolute atomic E-state index is 0.00609. The normalized spacial score (nSPS) is 11.8. The Bertz CT molecular complexity index is 718. The zero-order valence-corrected chi connectivity index (χ0v) is 16.2. The number of aryl methyl sites for hydroxylation is 1. The van der Waals surface area contributed by atoms with Gasteiger partial charge in [-0.05, 0) is 32.4 Å². The number of carbonyl (C=O) groups is 2. The van der Waals surface area contributed by atoms with Gasteiger partial charge in [0.05, 0.1) is 11.0 Å². The fourth-order valence-electron chi connectivity index (χ4n) is 2.33. The lowest BCUT2D eigenvalue weighted by Gasteiger charge is -2.23. The van der Waals surface area contributed by atoms with Crippen LogP contribution in [0.3, 0.4) is 0 Å². The van der Waals surface area contributed by atoms with Crippen molar-refractivity contribution < 1.29 is 14.1 Å². The number of amides is 2. The van der Waals surface area contributed by atoms with Gasteiger partial charge in [-0.1, -0.05) is 36.7 Å². The van der Waals surface area contributed by atoms with Crippen molar-refractivity contribution in [2.24, 2.45) is 0 Å².